The number of carbonyl (C=O) groups excluding carboxylic acids is 2. The first-order chi connectivity index (χ1) is 16.0. The number of benzene rings is 2. The molecule has 2 atom stereocenters. The van der Waals surface area contributed by atoms with Gasteiger partial charge in [0.2, 0.25) is 12.7 Å². The molecule has 7 nitrogen and oxygen atoms in total. The van der Waals surface area contributed by atoms with Crippen LogP contribution in [-0.4, -0.2) is 36.7 Å². The number of ether oxygens (including phenoxy) is 3. The fraction of sp³-hybridized carbons (Fsp3) is 0.400. The molecule has 8 heteroatoms. The Morgan fingerprint density at radius 2 is 1.91 bits per heavy atom. The molecule has 2 aromatic carbocycles. The average molecular weight is 450 g/mol. The zero-order valence-electron chi connectivity index (χ0n) is 18.0. The summed E-state index contributed by atoms with van der Waals surface area (Å²) in [6.45, 7) is 1.47. The molecule has 3 aliphatic rings. The molecule has 33 heavy (non-hydrogen) atoms. The van der Waals surface area contributed by atoms with Gasteiger partial charge in [0, 0.05) is 13.1 Å². The second kappa shape index (κ2) is 8.74. The zero-order chi connectivity index (χ0) is 22.9. The number of piperidine rings is 1. The number of likely N-dealkylation sites (tertiary alicyclic amines) is 1. The van der Waals surface area contributed by atoms with Gasteiger partial charge >= 0.3 is 5.97 Å². The standard InChI is InChI=1S/C25H23FN2O5/c26-20-3-2-17(11-18(20)13-27)24-19(12-23(29)33-24)25(30)28-7-5-15(6-8-28)9-16-1-4-21-22(10-16)32-14-31-21/h1-4,10-11,15,19,24H,5-9,12,14H2/t19-,24+/m0/s1. The molecule has 2 aromatic rings. The number of nitriles is 1. The predicted molar refractivity (Wildman–Crippen MR) is 114 cm³/mol. The molecule has 0 spiro atoms. The molecule has 170 valence electrons. The molecule has 0 radical (unpaired) electrons. The van der Waals surface area contributed by atoms with Gasteiger partial charge in [0.25, 0.3) is 0 Å². The quantitative estimate of drug-likeness (QED) is 0.663. The van der Waals surface area contributed by atoms with Crippen LogP contribution in [0.5, 0.6) is 11.5 Å². The van der Waals surface area contributed by atoms with Crippen molar-refractivity contribution in [3.8, 4) is 17.6 Å². The van der Waals surface area contributed by atoms with Gasteiger partial charge in [0.1, 0.15) is 18.0 Å². The van der Waals surface area contributed by atoms with E-state index in [2.05, 4.69) is 6.07 Å². The summed E-state index contributed by atoms with van der Waals surface area (Å²) in [5, 5.41) is 9.11. The number of hydrogen-bond acceptors (Lipinski definition) is 6. The van der Waals surface area contributed by atoms with E-state index in [1.165, 1.54) is 23.8 Å². The summed E-state index contributed by atoms with van der Waals surface area (Å²) in [6.07, 6.45) is 1.81. The Labute approximate surface area is 190 Å². The lowest BCUT2D eigenvalue weighted by Gasteiger charge is -2.34. The third-order valence-electron chi connectivity index (χ3n) is 6.65. The molecule has 2 saturated heterocycles. The molecule has 0 bridgehead atoms. The van der Waals surface area contributed by atoms with Crippen LogP contribution in [0.4, 0.5) is 4.39 Å². The summed E-state index contributed by atoms with van der Waals surface area (Å²) in [7, 11) is 0. The predicted octanol–water partition coefficient (Wildman–Crippen LogP) is 3.51. The molecule has 0 N–H and O–H groups in total. The minimum Gasteiger partial charge on any atom is -0.457 e. The highest BCUT2D eigenvalue weighted by Gasteiger charge is 2.43. The first kappa shape index (κ1) is 21.3. The highest BCUT2D eigenvalue weighted by molar-refractivity contribution is 5.87. The van der Waals surface area contributed by atoms with Gasteiger partial charge in [-0.2, -0.15) is 5.26 Å². The Morgan fingerprint density at radius 3 is 2.70 bits per heavy atom. The number of halogens is 1. The normalized spacial score (nSPS) is 22.2. The number of esters is 1. The summed E-state index contributed by atoms with van der Waals surface area (Å²) in [6, 6.07) is 11.8. The fourth-order valence-electron chi connectivity index (χ4n) is 4.87. The molecule has 3 aliphatic heterocycles. The van der Waals surface area contributed by atoms with Crippen LogP contribution in [0, 0.1) is 29.0 Å². The van der Waals surface area contributed by atoms with E-state index >= 15 is 0 Å². The second-order valence-corrected chi connectivity index (χ2v) is 8.73. The van der Waals surface area contributed by atoms with E-state index in [-0.39, 0.29) is 24.7 Å². The zero-order valence-corrected chi connectivity index (χ0v) is 18.0. The number of amides is 1. The van der Waals surface area contributed by atoms with Gasteiger partial charge in [-0.25, -0.2) is 4.39 Å². The van der Waals surface area contributed by atoms with Gasteiger partial charge in [-0.1, -0.05) is 12.1 Å². The maximum absolute atomic E-state index is 13.7. The van der Waals surface area contributed by atoms with Crippen LogP contribution in [-0.2, 0) is 20.7 Å². The fourth-order valence-corrected chi connectivity index (χ4v) is 4.87. The molecule has 0 aliphatic carbocycles. The molecule has 0 aromatic heterocycles. The van der Waals surface area contributed by atoms with E-state index in [0.717, 1.165) is 30.8 Å². The SMILES string of the molecule is N#Cc1cc([C@H]2OC(=O)C[C@@H]2C(=O)N2CCC(Cc3ccc4c(c3)OCO4)CC2)ccc1F. The van der Waals surface area contributed by atoms with Gasteiger partial charge in [0.05, 0.1) is 17.9 Å². The Balaban J connectivity index is 1.22. The van der Waals surface area contributed by atoms with Crippen molar-refractivity contribution >= 4 is 11.9 Å². The Bertz CT molecular complexity index is 1140. The van der Waals surface area contributed by atoms with Crippen molar-refractivity contribution in [2.45, 2.75) is 31.8 Å². The smallest absolute Gasteiger partial charge is 0.307 e. The van der Waals surface area contributed by atoms with Crippen LogP contribution in [0.3, 0.4) is 0 Å². The van der Waals surface area contributed by atoms with Crippen LogP contribution < -0.4 is 9.47 Å². The maximum atomic E-state index is 13.7. The van der Waals surface area contributed by atoms with Crippen molar-refractivity contribution in [2.75, 3.05) is 19.9 Å². The molecule has 0 unspecified atom stereocenters. The number of cyclic esters (lactones) is 1. The van der Waals surface area contributed by atoms with Gasteiger partial charge in [-0.15, -0.1) is 0 Å². The molecular weight excluding hydrogens is 427 g/mol. The number of nitrogens with zero attached hydrogens (tertiary/aromatic N) is 2. The van der Waals surface area contributed by atoms with Gasteiger partial charge in [-0.05, 0) is 60.6 Å². The third kappa shape index (κ3) is 4.23. The van der Waals surface area contributed by atoms with Crippen molar-refractivity contribution in [2.24, 2.45) is 11.8 Å². The monoisotopic (exact) mass is 450 g/mol. The summed E-state index contributed by atoms with van der Waals surface area (Å²) in [5.41, 5.74) is 1.52. The first-order valence-corrected chi connectivity index (χ1v) is 11.1. The van der Waals surface area contributed by atoms with E-state index < -0.39 is 23.8 Å². The van der Waals surface area contributed by atoms with Crippen molar-refractivity contribution in [3.05, 3.63) is 58.9 Å². The topological polar surface area (TPSA) is 88.9 Å². The molecule has 3 heterocycles. The minimum absolute atomic E-state index is 0.0140. The summed E-state index contributed by atoms with van der Waals surface area (Å²) >= 11 is 0. The molecule has 2 fully saturated rings. The lowest BCUT2D eigenvalue weighted by Crippen LogP contribution is -2.42. The van der Waals surface area contributed by atoms with E-state index in [0.29, 0.717) is 24.6 Å². The molecule has 1 amide bonds. The van der Waals surface area contributed by atoms with Crippen LogP contribution in [0.1, 0.15) is 42.1 Å². The minimum atomic E-state index is -0.802. The Morgan fingerprint density at radius 1 is 1.12 bits per heavy atom. The van der Waals surface area contributed by atoms with Gasteiger partial charge in [-0.3, -0.25) is 9.59 Å². The summed E-state index contributed by atoms with van der Waals surface area (Å²) < 4.78 is 29.9. The number of carbonyl (C=O) groups is 2. The number of hydrogen-bond donors (Lipinski definition) is 0. The number of rotatable bonds is 4. The molecule has 5 rings (SSSR count). The van der Waals surface area contributed by atoms with Crippen molar-refractivity contribution < 1.29 is 28.2 Å². The second-order valence-electron chi connectivity index (χ2n) is 8.73. The van der Waals surface area contributed by atoms with Crippen molar-refractivity contribution in [3.63, 3.8) is 0 Å². The third-order valence-corrected chi connectivity index (χ3v) is 6.65. The lowest BCUT2D eigenvalue weighted by atomic mass is 9.88. The van der Waals surface area contributed by atoms with E-state index in [9.17, 15) is 14.0 Å². The van der Waals surface area contributed by atoms with E-state index in [1.807, 2.05) is 12.1 Å². The lowest BCUT2D eigenvalue weighted by molar-refractivity contribution is -0.142. The summed E-state index contributed by atoms with van der Waals surface area (Å²) in [5.74, 6) is 0.0939. The highest BCUT2D eigenvalue weighted by Crippen LogP contribution is 2.38. The van der Waals surface area contributed by atoms with E-state index in [1.54, 1.807) is 11.0 Å². The Kier molecular flexibility index (Phi) is 5.63. The van der Waals surface area contributed by atoms with Crippen molar-refractivity contribution in [1.29, 1.82) is 5.26 Å². The molecular formula is C25H23FN2O5. The van der Waals surface area contributed by atoms with Gasteiger partial charge < -0.3 is 19.1 Å². The highest BCUT2D eigenvalue weighted by atomic mass is 19.1. The molecule has 0 saturated carbocycles. The van der Waals surface area contributed by atoms with Gasteiger partial charge in [0.15, 0.2) is 11.5 Å². The summed E-state index contributed by atoms with van der Waals surface area (Å²) in [4.78, 5) is 27.1. The van der Waals surface area contributed by atoms with Crippen LogP contribution in [0.2, 0.25) is 0 Å². The van der Waals surface area contributed by atoms with Crippen LogP contribution >= 0.6 is 0 Å². The van der Waals surface area contributed by atoms with Crippen LogP contribution in [0.15, 0.2) is 36.4 Å². The van der Waals surface area contributed by atoms with Crippen LogP contribution in [0.25, 0.3) is 0 Å². The van der Waals surface area contributed by atoms with Crippen molar-refractivity contribution in [1.82, 2.24) is 4.90 Å². The number of fused-ring (bicyclic) bond motifs is 1. The average Bonchev–Trinajstić information content (AvgIpc) is 3.45. The van der Waals surface area contributed by atoms with E-state index in [4.69, 9.17) is 19.5 Å². The first-order valence-electron chi connectivity index (χ1n) is 11.1. The maximum Gasteiger partial charge on any atom is 0.307 e. The largest absolute Gasteiger partial charge is 0.457 e. The Hall–Kier alpha value is -3.60.